The van der Waals surface area contributed by atoms with Gasteiger partial charge in [-0.05, 0) is 120 Å². The van der Waals surface area contributed by atoms with Crippen molar-refractivity contribution < 1.29 is 0 Å². The van der Waals surface area contributed by atoms with Gasteiger partial charge in [-0.15, -0.1) is 0 Å². The summed E-state index contributed by atoms with van der Waals surface area (Å²) < 4.78 is 0. The highest BCUT2D eigenvalue weighted by Gasteiger charge is 2.24. The summed E-state index contributed by atoms with van der Waals surface area (Å²) in [5.74, 6) is 2.53. The first-order valence-electron chi connectivity index (χ1n) is 14.8. The first-order valence-corrected chi connectivity index (χ1v) is 14.8. The molecule has 3 atom stereocenters. The lowest BCUT2D eigenvalue weighted by Crippen LogP contribution is -2.46. The maximum atomic E-state index is 4.19. The molecule has 0 radical (unpaired) electrons. The van der Waals surface area contributed by atoms with Crippen LogP contribution in [-0.2, 0) is 6.42 Å². The van der Waals surface area contributed by atoms with E-state index in [2.05, 4.69) is 71.9 Å². The van der Waals surface area contributed by atoms with Gasteiger partial charge >= 0.3 is 0 Å². The van der Waals surface area contributed by atoms with E-state index in [0.717, 1.165) is 31.0 Å². The number of nitrogens with one attached hydrogen (secondary N) is 1. The molecular formula is C31H54N4. The van der Waals surface area contributed by atoms with Crippen LogP contribution in [0.3, 0.4) is 0 Å². The Labute approximate surface area is 217 Å². The Hall–Kier alpha value is -1.23. The molecule has 1 aromatic carbocycles. The summed E-state index contributed by atoms with van der Waals surface area (Å²) in [7, 11) is 1.97. The highest BCUT2D eigenvalue weighted by Crippen LogP contribution is 2.29. The van der Waals surface area contributed by atoms with Crippen LogP contribution in [0, 0.1) is 11.8 Å². The van der Waals surface area contributed by atoms with E-state index < -0.39 is 0 Å². The third kappa shape index (κ3) is 8.68. The van der Waals surface area contributed by atoms with Crippen LogP contribution in [0.1, 0.15) is 102 Å². The molecule has 1 N–H and O–H groups in total. The predicted molar refractivity (Wildman–Crippen MR) is 152 cm³/mol. The number of rotatable bonds is 14. The van der Waals surface area contributed by atoms with E-state index in [0.29, 0.717) is 5.92 Å². The second-order valence-corrected chi connectivity index (χ2v) is 11.4. The summed E-state index contributed by atoms with van der Waals surface area (Å²) >= 11 is 0. The number of aliphatic imine (C=N–C) groups is 1. The second-order valence-electron chi connectivity index (χ2n) is 11.4. The van der Waals surface area contributed by atoms with Gasteiger partial charge in [-0.25, -0.2) is 0 Å². The summed E-state index contributed by atoms with van der Waals surface area (Å²) in [6, 6.07) is 10.4. The summed E-state index contributed by atoms with van der Waals surface area (Å²) in [5, 5.41) is 3.24. The Morgan fingerprint density at radius 3 is 2.14 bits per heavy atom. The highest BCUT2D eigenvalue weighted by molar-refractivity contribution is 5.25. The molecule has 2 aliphatic rings. The smallest absolute Gasteiger partial charge is 0.155 e. The number of hydrogen-bond acceptors (Lipinski definition) is 4. The van der Waals surface area contributed by atoms with Crippen molar-refractivity contribution in [2.24, 2.45) is 16.8 Å². The van der Waals surface area contributed by atoms with Crippen LogP contribution in [0.15, 0.2) is 29.3 Å². The minimum Gasteiger partial charge on any atom is -0.301 e. The Balaban J connectivity index is 1.37. The SMILES string of the molecule is C=NC(NC)N1CCC(CCc2ccc(C(CC)CCCC(C)N3CCC(CC)CC3)cc2)CC1. The van der Waals surface area contributed by atoms with Crippen LogP contribution in [0.5, 0.6) is 0 Å². The third-order valence-electron chi connectivity index (χ3n) is 9.24. The van der Waals surface area contributed by atoms with E-state index in [9.17, 15) is 0 Å². The van der Waals surface area contributed by atoms with Crippen molar-refractivity contribution in [3.05, 3.63) is 35.4 Å². The lowest BCUT2D eigenvalue weighted by atomic mass is 9.88. The predicted octanol–water partition coefficient (Wildman–Crippen LogP) is 6.71. The van der Waals surface area contributed by atoms with Gasteiger partial charge in [0.1, 0.15) is 0 Å². The van der Waals surface area contributed by atoms with Crippen LogP contribution >= 0.6 is 0 Å². The van der Waals surface area contributed by atoms with Crippen molar-refractivity contribution >= 4 is 6.72 Å². The minimum absolute atomic E-state index is 0.0801. The molecule has 2 fully saturated rings. The fourth-order valence-electron chi connectivity index (χ4n) is 6.45. The molecule has 2 aliphatic heterocycles. The Morgan fingerprint density at radius 2 is 1.57 bits per heavy atom. The Kier molecular flexibility index (Phi) is 12.2. The molecule has 4 nitrogen and oxygen atoms in total. The van der Waals surface area contributed by atoms with Crippen molar-refractivity contribution in [3.8, 4) is 0 Å². The van der Waals surface area contributed by atoms with Gasteiger partial charge in [-0.2, -0.15) is 0 Å². The first-order chi connectivity index (χ1) is 17.1. The van der Waals surface area contributed by atoms with E-state index in [1.54, 1.807) is 5.56 Å². The van der Waals surface area contributed by atoms with E-state index in [4.69, 9.17) is 0 Å². The Bertz CT molecular complexity index is 701. The van der Waals surface area contributed by atoms with Crippen LogP contribution < -0.4 is 5.32 Å². The van der Waals surface area contributed by atoms with Crippen molar-refractivity contribution in [3.63, 3.8) is 0 Å². The van der Waals surface area contributed by atoms with Gasteiger partial charge in [-0.1, -0.05) is 51.0 Å². The topological polar surface area (TPSA) is 30.9 Å². The fraction of sp³-hybridized carbons (Fsp3) is 0.774. The number of piperidine rings is 2. The number of aryl methyl sites for hydroxylation is 1. The zero-order valence-corrected chi connectivity index (χ0v) is 23.4. The van der Waals surface area contributed by atoms with Crippen LogP contribution in [0.25, 0.3) is 0 Å². The van der Waals surface area contributed by atoms with Gasteiger partial charge in [0.25, 0.3) is 0 Å². The average molecular weight is 483 g/mol. The van der Waals surface area contributed by atoms with Crippen LogP contribution in [-0.4, -0.2) is 62.1 Å². The van der Waals surface area contributed by atoms with Crippen molar-refractivity contribution in [2.45, 2.75) is 110 Å². The van der Waals surface area contributed by atoms with Crippen LogP contribution in [0.2, 0.25) is 0 Å². The van der Waals surface area contributed by atoms with E-state index in [-0.39, 0.29) is 6.29 Å². The molecule has 0 saturated carbocycles. The van der Waals surface area contributed by atoms with E-state index in [1.165, 1.54) is 89.3 Å². The number of benzene rings is 1. The average Bonchev–Trinajstić information content (AvgIpc) is 2.91. The second kappa shape index (κ2) is 15.1. The molecule has 3 unspecified atom stereocenters. The molecular weight excluding hydrogens is 428 g/mol. The maximum absolute atomic E-state index is 4.19. The van der Waals surface area contributed by atoms with Gasteiger partial charge in [0, 0.05) is 19.1 Å². The number of likely N-dealkylation sites (tertiary alicyclic amines) is 2. The molecule has 2 heterocycles. The zero-order chi connectivity index (χ0) is 25.0. The molecule has 4 heteroatoms. The Morgan fingerprint density at radius 1 is 0.943 bits per heavy atom. The van der Waals surface area contributed by atoms with E-state index >= 15 is 0 Å². The molecule has 0 spiro atoms. The van der Waals surface area contributed by atoms with Crippen LogP contribution in [0.4, 0.5) is 0 Å². The highest BCUT2D eigenvalue weighted by atomic mass is 15.3. The molecule has 3 rings (SSSR count). The molecule has 0 aliphatic carbocycles. The molecule has 0 bridgehead atoms. The first kappa shape index (κ1) is 28.3. The molecule has 1 aromatic rings. The summed E-state index contributed by atoms with van der Waals surface area (Å²) in [6.45, 7) is 15.8. The van der Waals surface area contributed by atoms with Crippen molar-refractivity contribution in [1.82, 2.24) is 15.1 Å². The molecule has 0 amide bonds. The number of nitrogens with zero attached hydrogens (tertiary/aromatic N) is 3. The summed E-state index contributed by atoms with van der Waals surface area (Å²) in [5.41, 5.74) is 3.06. The zero-order valence-electron chi connectivity index (χ0n) is 23.4. The van der Waals surface area contributed by atoms with Gasteiger partial charge in [0.15, 0.2) is 6.29 Å². The largest absolute Gasteiger partial charge is 0.301 e. The number of hydrogen-bond donors (Lipinski definition) is 1. The molecule has 35 heavy (non-hydrogen) atoms. The van der Waals surface area contributed by atoms with Gasteiger partial charge in [0.05, 0.1) is 0 Å². The quantitative estimate of drug-likeness (QED) is 0.299. The van der Waals surface area contributed by atoms with Crippen molar-refractivity contribution in [2.75, 3.05) is 33.2 Å². The van der Waals surface area contributed by atoms with E-state index in [1.807, 2.05) is 7.05 Å². The molecule has 198 valence electrons. The van der Waals surface area contributed by atoms with Gasteiger partial charge in [0.2, 0.25) is 0 Å². The maximum Gasteiger partial charge on any atom is 0.155 e. The fourth-order valence-corrected chi connectivity index (χ4v) is 6.45. The van der Waals surface area contributed by atoms with Crippen molar-refractivity contribution in [1.29, 1.82) is 0 Å². The third-order valence-corrected chi connectivity index (χ3v) is 9.24. The lowest BCUT2D eigenvalue weighted by Gasteiger charge is -2.36. The summed E-state index contributed by atoms with van der Waals surface area (Å²) in [4.78, 5) is 9.36. The standard InChI is InChI=1S/C31H54N4/c1-6-26-17-21-34(22-18-26)25(3)9-8-10-29(7-2)30-15-13-27(14-16-30)11-12-28-19-23-35(24-20-28)31(32-4)33-5/h13-16,25-26,28-29,31,33H,4,6-12,17-24H2,1-3,5H3. The normalized spacial score (nSPS) is 21.6. The molecule has 0 aromatic heterocycles. The van der Waals surface area contributed by atoms with Gasteiger partial charge in [-0.3, -0.25) is 15.2 Å². The lowest BCUT2D eigenvalue weighted by molar-refractivity contribution is 0.118. The summed E-state index contributed by atoms with van der Waals surface area (Å²) in [6.07, 6.45) is 14.6. The minimum atomic E-state index is 0.0801. The monoisotopic (exact) mass is 482 g/mol. The van der Waals surface area contributed by atoms with Gasteiger partial charge < -0.3 is 4.90 Å². The molecule has 2 saturated heterocycles.